The molecule has 0 saturated carbocycles. The van der Waals surface area contributed by atoms with E-state index in [0.29, 0.717) is 0 Å². The van der Waals surface area contributed by atoms with Crippen LogP contribution in [-0.4, -0.2) is 48.1 Å². The molecule has 1 aliphatic rings. The summed E-state index contributed by atoms with van der Waals surface area (Å²) in [6.07, 6.45) is 0. The molecule has 0 aliphatic carbocycles. The van der Waals surface area contributed by atoms with Crippen molar-refractivity contribution in [3.63, 3.8) is 0 Å². The summed E-state index contributed by atoms with van der Waals surface area (Å²) >= 11 is 0. The Balaban J connectivity index is 2.41. The van der Waals surface area contributed by atoms with E-state index in [-0.39, 0.29) is 10.8 Å². The molecular formula is C17H30N4. The second kappa shape index (κ2) is 5.56. The van der Waals surface area contributed by atoms with Crippen molar-refractivity contribution in [3.05, 3.63) is 17.6 Å². The summed E-state index contributed by atoms with van der Waals surface area (Å²) in [7, 11) is 2.18. The monoisotopic (exact) mass is 290 g/mol. The Bertz CT molecular complexity index is 456. The van der Waals surface area contributed by atoms with Crippen LogP contribution in [0.2, 0.25) is 0 Å². The van der Waals surface area contributed by atoms with Gasteiger partial charge >= 0.3 is 0 Å². The zero-order valence-electron chi connectivity index (χ0n) is 14.7. The van der Waals surface area contributed by atoms with E-state index in [1.165, 1.54) is 0 Å². The minimum atomic E-state index is -0.0252. The summed E-state index contributed by atoms with van der Waals surface area (Å²) in [4.78, 5) is 14.5. The Kier molecular flexibility index (Phi) is 4.29. The molecular weight excluding hydrogens is 260 g/mol. The lowest BCUT2D eigenvalue weighted by molar-refractivity contribution is 0.311. The van der Waals surface area contributed by atoms with Crippen LogP contribution in [0.15, 0.2) is 6.07 Å². The first-order chi connectivity index (χ1) is 9.57. The van der Waals surface area contributed by atoms with Crippen molar-refractivity contribution in [2.75, 3.05) is 38.1 Å². The van der Waals surface area contributed by atoms with Crippen LogP contribution >= 0.6 is 0 Å². The topological polar surface area (TPSA) is 32.3 Å². The Labute approximate surface area is 129 Å². The highest BCUT2D eigenvalue weighted by Gasteiger charge is 2.25. The predicted octanol–water partition coefficient (Wildman–Crippen LogP) is 2.82. The summed E-state index contributed by atoms with van der Waals surface area (Å²) in [5.41, 5.74) is 1.16. The minimum Gasteiger partial charge on any atom is -0.354 e. The Hall–Kier alpha value is -1.16. The highest BCUT2D eigenvalue weighted by Crippen LogP contribution is 2.28. The molecule has 1 fully saturated rings. The molecule has 0 bridgehead atoms. The van der Waals surface area contributed by atoms with E-state index < -0.39 is 0 Å². The van der Waals surface area contributed by atoms with Gasteiger partial charge in [-0.25, -0.2) is 9.97 Å². The van der Waals surface area contributed by atoms with Crippen LogP contribution in [0.1, 0.15) is 53.1 Å². The molecule has 0 spiro atoms. The van der Waals surface area contributed by atoms with Crippen LogP contribution in [-0.2, 0) is 10.8 Å². The van der Waals surface area contributed by atoms with Gasteiger partial charge in [0.15, 0.2) is 0 Å². The van der Waals surface area contributed by atoms with E-state index >= 15 is 0 Å². The summed E-state index contributed by atoms with van der Waals surface area (Å²) in [5.74, 6) is 2.04. The molecule has 0 atom stereocenters. The van der Waals surface area contributed by atoms with Crippen molar-refractivity contribution in [2.24, 2.45) is 0 Å². The maximum Gasteiger partial charge on any atom is 0.136 e. The smallest absolute Gasteiger partial charge is 0.136 e. The van der Waals surface area contributed by atoms with Crippen LogP contribution in [0.3, 0.4) is 0 Å². The van der Waals surface area contributed by atoms with Gasteiger partial charge in [0.25, 0.3) is 0 Å². The summed E-state index contributed by atoms with van der Waals surface area (Å²) in [5, 5.41) is 0. The van der Waals surface area contributed by atoms with Crippen molar-refractivity contribution in [1.82, 2.24) is 14.9 Å². The van der Waals surface area contributed by atoms with E-state index in [1.807, 2.05) is 0 Å². The lowest BCUT2D eigenvalue weighted by atomic mass is 9.90. The third-order valence-electron chi connectivity index (χ3n) is 3.98. The highest BCUT2D eigenvalue weighted by molar-refractivity contribution is 5.42. The summed E-state index contributed by atoms with van der Waals surface area (Å²) < 4.78 is 0. The minimum absolute atomic E-state index is 0.0252. The Morgan fingerprint density at radius 1 is 0.857 bits per heavy atom. The van der Waals surface area contributed by atoms with Gasteiger partial charge in [-0.05, 0) is 7.05 Å². The molecule has 0 N–H and O–H groups in total. The molecule has 1 aromatic rings. The third-order valence-corrected chi connectivity index (χ3v) is 3.98. The van der Waals surface area contributed by atoms with Crippen LogP contribution in [0.25, 0.3) is 0 Å². The Morgan fingerprint density at radius 3 is 1.90 bits per heavy atom. The van der Waals surface area contributed by atoms with Gasteiger partial charge in [-0.1, -0.05) is 41.5 Å². The molecule has 0 unspecified atom stereocenters. The van der Waals surface area contributed by atoms with Crippen LogP contribution in [0.5, 0.6) is 0 Å². The first kappa shape index (κ1) is 16.2. The van der Waals surface area contributed by atoms with Crippen molar-refractivity contribution in [2.45, 2.75) is 52.4 Å². The van der Waals surface area contributed by atoms with Gasteiger partial charge in [-0.2, -0.15) is 0 Å². The first-order valence-electron chi connectivity index (χ1n) is 7.91. The maximum atomic E-state index is 4.86. The van der Waals surface area contributed by atoms with Crippen LogP contribution in [0, 0.1) is 0 Å². The zero-order valence-corrected chi connectivity index (χ0v) is 14.7. The quantitative estimate of drug-likeness (QED) is 0.796. The molecule has 1 aromatic heterocycles. The fourth-order valence-corrected chi connectivity index (χ4v) is 2.35. The van der Waals surface area contributed by atoms with Gasteiger partial charge in [-0.3, -0.25) is 0 Å². The van der Waals surface area contributed by atoms with E-state index in [4.69, 9.17) is 9.97 Å². The zero-order chi connectivity index (χ0) is 15.8. The molecule has 4 nitrogen and oxygen atoms in total. The van der Waals surface area contributed by atoms with Gasteiger partial charge < -0.3 is 9.80 Å². The highest BCUT2D eigenvalue weighted by atomic mass is 15.3. The molecule has 21 heavy (non-hydrogen) atoms. The number of hydrogen-bond acceptors (Lipinski definition) is 4. The average Bonchev–Trinajstić information content (AvgIpc) is 2.37. The summed E-state index contributed by atoms with van der Waals surface area (Å²) in [6.45, 7) is 17.5. The van der Waals surface area contributed by atoms with Gasteiger partial charge in [-0.15, -0.1) is 0 Å². The predicted molar refractivity (Wildman–Crippen MR) is 89.1 cm³/mol. The lowest BCUT2D eigenvalue weighted by Crippen LogP contribution is -2.45. The Morgan fingerprint density at radius 2 is 1.43 bits per heavy atom. The molecule has 0 amide bonds. The largest absolute Gasteiger partial charge is 0.354 e. The fourth-order valence-electron chi connectivity index (χ4n) is 2.35. The average molecular weight is 290 g/mol. The maximum absolute atomic E-state index is 4.86. The second-order valence-corrected chi connectivity index (χ2v) is 8.23. The van der Waals surface area contributed by atoms with Crippen molar-refractivity contribution >= 4 is 5.82 Å². The van der Waals surface area contributed by atoms with Crippen molar-refractivity contribution < 1.29 is 0 Å². The molecule has 0 aromatic carbocycles. The third kappa shape index (κ3) is 3.94. The van der Waals surface area contributed by atoms with Crippen LogP contribution < -0.4 is 4.90 Å². The molecule has 0 radical (unpaired) electrons. The molecule has 1 aliphatic heterocycles. The molecule has 2 heterocycles. The first-order valence-corrected chi connectivity index (χ1v) is 7.91. The number of rotatable bonds is 1. The van der Waals surface area contributed by atoms with E-state index in [1.54, 1.807) is 0 Å². The van der Waals surface area contributed by atoms with Crippen molar-refractivity contribution in [3.8, 4) is 0 Å². The van der Waals surface area contributed by atoms with Gasteiger partial charge in [0.05, 0.1) is 5.69 Å². The number of anilines is 1. The van der Waals surface area contributed by atoms with E-state index in [9.17, 15) is 0 Å². The number of aromatic nitrogens is 2. The molecule has 1 saturated heterocycles. The van der Waals surface area contributed by atoms with E-state index in [0.717, 1.165) is 43.5 Å². The van der Waals surface area contributed by atoms with Gasteiger partial charge in [0.1, 0.15) is 11.6 Å². The SMILES string of the molecule is CN1CCN(c2cc(C(C)(C)C)nc(C(C)(C)C)n2)CC1. The molecule has 4 heteroatoms. The molecule has 2 rings (SSSR count). The standard InChI is InChI=1S/C17H30N4/c1-16(2,3)13-12-14(19-15(18-13)17(4,5)6)21-10-8-20(7)9-11-21/h12H,8-11H2,1-7H3. The number of hydrogen-bond donors (Lipinski definition) is 0. The van der Waals surface area contributed by atoms with E-state index in [2.05, 4.69) is 64.5 Å². The number of nitrogens with zero attached hydrogens (tertiary/aromatic N) is 4. The number of piperazine rings is 1. The van der Waals surface area contributed by atoms with Gasteiger partial charge in [0, 0.05) is 43.1 Å². The molecule has 118 valence electrons. The normalized spacial score (nSPS) is 18.1. The second-order valence-electron chi connectivity index (χ2n) is 8.23. The summed E-state index contributed by atoms with van der Waals surface area (Å²) in [6, 6.07) is 2.18. The van der Waals surface area contributed by atoms with Crippen LogP contribution in [0.4, 0.5) is 5.82 Å². The lowest BCUT2D eigenvalue weighted by Gasteiger charge is -2.34. The number of likely N-dealkylation sites (N-methyl/N-ethyl adjacent to an activating group) is 1. The fraction of sp³-hybridized carbons (Fsp3) is 0.765. The van der Waals surface area contributed by atoms with Gasteiger partial charge in [0.2, 0.25) is 0 Å². The van der Waals surface area contributed by atoms with Crippen molar-refractivity contribution in [1.29, 1.82) is 0 Å².